The van der Waals surface area contributed by atoms with Crippen molar-refractivity contribution in [2.75, 3.05) is 13.2 Å². The van der Waals surface area contributed by atoms with E-state index in [1.54, 1.807) is 6.08 Å². The summed E-state index contributed by atoms with van der Waals surface area (Å²) in [6.45, 7) is 5.76. The molecule has 6 N–H and O–H groups in total. The van der Waals surface area contributed by atoms with Crippen LogP contribution in [0.2, 0.25) is 0 Å². The smallest absolute Gasteiger partial charge is 0.306 e. The summed E-state index contributed by atoms with van der Waals surface area (Å²) >= 11 is 0. The van der Waals surface area contributed by atoms with Crippen molar-refractivity contribution < 1.29 is 49.3 Å². The molecule has 0 bridgehead atoms. The Morgan fingerprint density at radius 2 is 0.793 bits per heavy atom. The van der Waals surface area contributed by atoms with Gasteiger partial charge in [0.2, 0.25) is 5.91 Å². The molecule has 0 aromatic carbocycles. The number of hydrogen-bond donors (Lipinski definition) is 6. The van der Waals surface area contributed by atoms with Crippen molar-refractivity contribution in [1.82, 2.24) is 5.32 Å². The predicted molar refractivity (Wildman–Crippen MR) is 366 cm³/mol. The van der Waals surface area contributed by atoms with Gasteiger partial charge in [-0.25, -0.2) is 0 Å². The zero-order valence-electron chi connectivity index (χ0n) is 56.1. The molecule has 504 valence electrons. The van der Waals surface area contributed by atoms with Gasteiger partial charge in [0.05, 0.1) is 25.4 Å². The Hall–Kier alpha value is -3.16. The van der Waals surface area contributed by atoms with Gasteiger partial charge in [-0.2, -0.15) is 0 Å². The molecule has 1 heterocycles. The Morgan fingerprint density at radius 3 is 1.21 bits per heavy atom. The quantitative estimate of drug-likeness (QED) is 0.0195. The normalized spacial score (nSPS) is 18.7. The zero-order chi connectivity index (χ0) is 63.1. The molecule has 0 aromatic rings. The van der Waals surface area contributed by atoms with Crippen molar-refractivity contribution in [3.8, 4) is 0 Å². The number of allylic oxidation sites excluding steroid dienone is 13. The molecule has 1 saturated heterocycles. The molecule has 1 rings (SSSR count). The third-order valence-corrected chi connectivity index (χ3v) is 16.8. The molecule has 8 atom stereocenters. The molecular weight excluding hydrogens is 1090 g/mol. The second-order valence-corrected chi connectivity index (χ2v) is 25.0. The lowest BCUT2D eigenvalue weighted by Crippen LogP contribution is -2.61. The van der Waals surface area contributed by atoms with Crippen LogP contribution in [0.15, 0.2) is 85.1 Å². The minimum atomic E-state index is -1.62. The molecule has 11 heteroatoms. The molecule has 1 fully saturated rings. The van der Waals surface area contributed by atoms with E-state index in [4.69, 9.17) is 14.2 Å². The number of aliphatic hydroxyl groups is 5. The van der Waals surface area contributed by atoms with Crippen LogP contribution in [-0.4, -0.2) is 99.6 Å². The van der Waals surface area contributed by atoms with E-state index in [1.165, 1.54) is 180 Å². The number of carbonyl (C=O) groups excluding carboxylic acids is 2. The number of nitrogens with one attached hydrogen (secondary N) is 1. The first-order chi connectivity index (χ1) is 42.7. The fourth-order valence-electron chi connectivity index (χ4n) is 11.0. The lowest BCUT2D eigenvalue weighted by molar-refractivity contribution is -0.305. The van der Waals surface area contributed by atoms with Gasteiger partial charge >= 0.3 is 5.97 Å². The highest BCUT2D eigenvalue weighted by molar-refractivity contribution is 5.80. The van der Waals surface area contributed by atoms with E-state index in [0.29, 0.717) is 12.8 Å². The number of aliphatic hydroxyl groups excluding tert-OH is 5. The molecule has 1 aliphatic heterocycles. The van der Waals surface area contributed by atoms with Crippen molar-refractivity contribution in [3.63, 3.8) is 0 Å². The van der Waals surface area contributed by atoms with Crippen molar-refractivity contribution in [3.05, 3.63) is 85.1 Å². The number of ether oxygens (including phenoxy) is 3. The summed E-state index contributed by atoms with van der Waals surface area (Å²) in [6.07, 6.45) is 73.3. The largest absolute Gasteiger partial charge is 0.454 e. The second kappa shape index (κ2) is 63.0. The molecule has 11 nitrogen and oxygen atoms in total. The van der Waals surface area contributed by atoms with Crippen LogP contribution in [0.25, 0.3) is 0 Å². The van der Waals surface area contributed by atoms with Gasteiger partial charge in [0, 0.05) is 6.42 Å². The third kappa shape index (κ3) is 50.2. The summed E-state index contributed by atoms with van der Waals surface area (Å²) in [5.74, 6) is -1.20. The Kier molecular flexibility index (Phi) is 59.3. The van der Waals surface area contributed by atoms with Crippen LogP contribution in [0.1, 0.15) is 323 Å². The Balaban J connectivity index is 2.55. The van der Waals surface area contributed by atoms with Crippen LogP contribution in [0, 0.1) is 0 Å². The minimum Gasteiger partial charge on any atom is -0.454 e. The molecule has 0 saturated carbocycles. The molecule has 1 aliphatic rings. The van der Waals surface area contributed by atoms with Gasteiger partial charge in [0.25, 0.3) is 0 Å². The molecule has 0 aliphatic carbocycles. The monoisotopic (exact) mass is 1220 g/mol. The van der Waals surface area contributed by atoms with E-state index in [9.17, 15) is 35.1 Å². The van der Waals surface area contributed by atoms with Gasteiger partial charge in [-0.05, 0) is 103 Å². The Bertz CT molecular complexity index is 1740. The Labute approximate surface area is 533 Å². The fraction of sp³-hybridized carbons (Fsp3) is 0.789. The number of amides is 1. The molecular formula is C76H135NO10. The van der Waals surface area contributed by atoms with Crippen LogP contribution in [-0.2, 0) is 23.8 Å². The SMILES string of the molecule is CCCCC/C=C\C/C=C\C/C=C\CCCCCCCCCCCCCC(O)C(=O)NC(COC1OC(CO)C(O)C(O)C1OC(=O)CCCCCCCCCCCC/C=C\C/C=C\C/C=C\CCCCC)C(O)/C=C/CCCCCCCCCCC. The second-order valence-electron chi connectivity index (χ2n) is 25.0. The van der Waals surface area contributed by atoms with Crippen molar-refractivity contribution in [1.29, 1.82) is 0 Å². The summed E-state index contributed by atoms with van der Waals surface area (Å²) in [5, 5.41) is 57.3. The van der Waals surface area contributed by atoms with Gasteiger partial charge in [0.15, 0.2) is 12.4 Å². The standard InChI is InChI=1S/C76H135NO10/c1-4-7-10-13-16-19-22-24-26-28-30-32-34-36-37-39-41-43-45-48-51-54-57-60-63-69(80)75(84)77-67(68(79)62-59-56-53-50-47-21-18-15-12-9-6-3)66-85-76-74(73(83)72(82)70(65-78)86-76)87-71(81)64-61-58-55-52-49-46-44-42-40-38-35-33-31-29-27-25-23-20-17-14-11-8-5-2/h16-17,19-20,24-27,30-33,59,62,67-70,72-74,76,78-80,82-83H,4-15,18,21-23,28-29,34-58,60-61,63-66H2,1-3H3,(H,77,84)/b19-16-,20-17-,26-24-,27-25-,32-30-,33-31-,62-59+. The van der Waals surface area contributed by atoms with Crippen molar-refractivity contribution >= 4 is 11.9 Å². The lowest BCUT2D eigenvalue weighted by atomic mass is 9.99. The number of rotatable bonds is 62. The first-order valence-electron chi connectivity index (χ1n) is 36.4. The molecule has 0 spiro atoms. The van der Waals surface area contributed by atoms with Crippen LogP contribution in [0.3, 0.4) is 0 Å². The molecule has 0 radical (unpaired) electrons. The van der Waals surface area contributed by atoms with Crippen molar-refractivity contribution in [2.45, 2.75) is 372 Å². The van der Waals surface area contributed by atoms with E-state index in [0.717, 1.165) is 96.3 Å². The van der Waals surface area contributed by atoms with Gasteiger partial charge in [0.1, 0.15) is 24.4 Å². The van der Waals surface area contributed by atoms with Gasteiger partial charge in [-0.3, -0.25) is 9.59 Å². The highest BCUT2D eigenvalue weighted by atomic mass is 16.7. The minimum absolute atomic E-state index is 0.117. The number of unbranched alkanes of at least 4 members (excludes halogenated alkanes) is 36. The summed E-state index contributed by atoms with van der Waals surface area (Å²) < 4.78 is 17.7. The zero-order valence-corrected chi connectivity index (χ0v) is 56.1. The average molecular weight is 1220 g/mol. The van der Waals surface area contributed by atoms with Crippen LogP contribution >= 0.6 is 0 Å². The Morgan fingerprint density at radius 1 is 0.448 bits per heavy atom. The van der Waals surface area contributed by atoms with E-state index >= 15 is 0 Å². The molecule has 87 heavy (non-hydrogen) atoms. The van der Waals surface area contributed by atoms with Gasteiger partial charge in [-0.15, -0.1) is 0 Å². The molecule has 1 amide bonds. The predicted octanol–water partition coefficient (Wildman–Crippen LogP) is 18.8. The van der Waals surface area contributed by atoms with E-state index < -0.39 is 67.4 Å². The van der Waals surface area contributed by atoms with Gasteiger partial charge in [-0.1, -0.05) is 298 Å². The highest BCUT2D eigenvalue weighted by Crippen LogP contribution is 2.26. The topological polar surface area (TPSA) is 175 Å². The number of carbonyl (C=O) groups is 2. The maximum atomic E-state index is 13.5. The van der Waals surface area contributed by atoms with Crippen LogP contribution in [0.4, 0.5) is 0 Å². The first kappa shape index (κ1) is 81.9. The highest BCUT2D eigenvalue weighted by Gasteiger charge is 2.47. The van der Waals surface area contributed by atoms with Crippen LogP contribution in [0.5, 0.6) is 0 Å². The number of hydrogen-bond acceptors (Lipinski definition) is 10. The fourth-order valence-corrected chi connectivity index (χ4v) is 11.0. The summed E-state index contributed by atoms with van der Waals surface area (Å²) in [6, 6.07) is -1.03. The average Bonchev–Trinajstić information content (AvgIpc) is 1.30. The number of esters is 1. The van der Waals surface area contributed by atoms with E-state index in [-0.39, 0.29) is 19.4 Å². The van der Waals surface area contributed by atoms with E-state index in [1.807, 2.05) is 6.08 Å². The lowest BCUT2D eigenvalue weighted by Gasteiger charge is -2.41. The third-order valence-electron chi connectivity index (χ3n) is 16.8. The van der Waals surface area contributed by atoms with Crippen LogP contribution < -0.4 is 5.32 Å². The van der Waals surface area contributed by atoms with Crippen molar-refractivity contribution in [2.24, 2.45) is 0 Å². The first-order valence-corrected chi connectivity index (χ1v) is 36.4. The maximum Gasteiger partial charge on any atom is 0.306 e. The maximum absolute atomic E-state index is 13.5. The summed E-state index contributed by atoms with van der Waals surface area (Å²) in [7, 11) is 0. The van der Waals surface area contributed by atoms with Gasteiger partial charge < -0.3 is 45.1 Å². The summed E-state index contributed by atoms with van der Waals surface area (Å²) in [4.78, 5) is 26.7. The molecule has 8 unspecified atom stereocenters. The van der Waals surface area contributed by atoms with E-state index in [2.05, 4.69) is 99.0 Å². The summed E-state index contributed by atoms with van der Waals surface area (Å²) in [5.41, 5.74) is 0. The molecule has 0 aromatic heterocycles.